The second-order valence-electron chi connectivity index (χ2n) is 5.75. The highest BCUT2D eigenvalue weighted by molar-refractivity contribution is 9.10. The van der Waals surface area contributed by atoms with Gasteiger partial charge in [-0.15, -0.1) is 0 Å². The summed E-state index contributed by atoms with van der Waals surface area (Å²) in [6, 6.07) is 10.8. The van der Waals surface area contributed by atoms with Gasteiger partial charge < -0.3 is 5.32 Å². The molecule has 0 saturated carbocycles. The summed E-state index contributed by atoms with van der Waals surface area (Å²) in [5.41, 5.74) is 2.21. The molecule has 21 heavy (non-hydrogen) atoms. The number of para-hydroxylation sites is 1. The van der Waals surface area contributed by atoms with E-state index >= 15 is 0 Å². The lowest BCUT2D eigenvalue weighted by Crippen LogP contribution is -2.29. The van der Waals surface area contributed by atoms with Crippen LogP contribution in [0.5, 0.6) is 0 Å². The molecule has 2 unspecified atom stereocenters. The molecule has 1 heterocycles. The van der Waals surface area contributed by atoms with Crippen LogP contribution in [0.3, 0.4) is 0 Å². The van der Waals surface area contributed by atoms with E-state index in [0.717, 1.165) is 28.6 Å². The van der Waals surface area contributed by atoms with Gasteiger partial charge >= 0.3 is 0 Å². The number of hydrogen-bond donors (Lipinski definition) is 1. The Morgan fingerprint density at radius 1 is 1.19 bits per heavy atom. The lowest BCUT2D eigenvalue weighted by Gasteiger charge is -2.26. The van der Waals surface area contributed by atoms with Gasteiger partial charge in [-0.2, -0.15) is 0 Å². The second-order valence-corrected chi connectivity index (χ2v) is 6.60. The highest BCUT2D eigenvalue weighted by Crippen LogP contribution is 2.31. The molecule has 0 saturated heterocycles. The first kappa shape index (κ1) is 16.4. The lowest BCUT2D eigenvalue weighted by atomic mass is 9.93. The minimum Gasteiger partial charge on any atom is -0.308 e. The Bertz CT molecular complexity index is 582. The van der Waals surface area contributed by atoms with E-state index in [1.54, 1.807) is 0 Å². The minimum absolute atomic E-state index is 0.309. The van der Waals surface area contributed by atoms with Crippen molar-refractivity contribution in [2.45, 2.75) is 46.1 Å². The van der Waals surface area contributed by atoms with Crippen LogP contribution in [0.15, 0.2) is 34.8 Å². The molecule has 2 rings (SSSR count). The molecular formula is C18H25BrN2. The largest absolute Gasteiger partial charge is 0.308 e. The molecule has 0 aliphatic heterocycles. The molecule has 0 bridgehead atoms. The lowest BCUT2D eigenvalue weighted by molar-refractivity contribution is 0.356. The van der Waals surface area contributed by atoms with E-state index in [2.05, 4.69) is 72.3 Å². The third-order valence-corrected chi connectivity index (χ3v) is 4.56. The summed E-state index contributed by atoms with van der Waals surface area (Å²) in [6.07, 6.45) is 3.56. The van der Waals surface area contributed by atoms with Crippen LogP contribution in [-0.4, -0.2) is 11.5 Å². The summed E-state index contributed by atoms with van der Waals surface area (Å²) < 4.78 is 1.11. The molecule has 1 aromatic heterocycles. The van der Waals surface area contributed by atoms with Gasteiger partial charge in [-0.1, -0.05) is 45.4 Å². The molecule has 0 radical (unpaired) electrons. The smallest absolute Gasteiger partial charge is 0.0725 e. The summed E-state index contributed by atoms with van der Waals surface area (Å²) >= 11 is 3.73. The van der Waals surface area contributed by atoms with E-state index < -0.39 is 0 Å². The van der Waals surface area contributed by atoms with Crippen LogP contribution in [0.1, 0.15) is 51.8 Å². The number of halogens is 1. The molecule has 1 N–H and O–H groups in total. The zero-order valence-electron chi connectivity index (χ0n) is 13.2. The molecular weight excluding hydrogens is 324 g/mol. The molecule has 0 aliphatic carbocycles. The van der Waals surface area contributed by atoms with Crippen molar-refractivity contribution in [3.05, 3.63) is 40.5 Å². The summed E-state index contributed by atoms with van der Waals surface area (Å²) in [5.74, 6) is 0.575. The third-order valence-electron chi connectivity index (χ3n) is 3.93. The Balaban J connectivity index is 2.39. The fraction of sp³-hybridized carbons (Fsp3) is 0.500. The van der Waals surface area contributed by atoms with E-state index in [4.69, 9.17) is 4.98 Å². The SMILES string of the molecule is CCCNC(c1nc2ccccc2cc1Br)C(C)CCC. The number of nitrogens with one attached hydrogen (secondary N) is 1. The number of nitrogens with zero attached hydrogens (tertiary/aromatic N) is 1. The number of hydrogen-bond acceptors (Lipinski definition) is 2. The van der Waals surface area contributed by atoms with E-state index in [-0.39, 0.29) is 0 Å². The van der Waals surface area contributed by atoms with Crippen LogP contribution in [-0.2, 0) is 0 Å². The van der Waals surface area contributed by atoms with Crippen LogP contribution in [0, 0.1) is 5.92 Å². The summed E-state index contributed by atoms with van der Waals surface area (Å²) in [5, 5.41) is 4.87. The molecule has 0 aliphatic rings. The van der Waals surface area contributed by atoms with Gasteiger partial charge in [0.1, 0.15) is 0 Å². The number of benzene rings is 1. The quantitative estimate of drug-likeness (QED) is 0.716. The first-order valence-electron chi connectivity index (χ1n) is 7.95. The van der Waals surface area contributed by atoms with Gasteiger partial charge in [0, 0.05) is 9.86 Å². The van der Waals surface area contributed by atoms with E-state index in [0.29, 0.717) is 12.0 Å². The third kappa shape index (κ3) is 4.04. The van der Waals surface area contributed by atoms with Crippen LogP contribution >= 0.6 is 15.9 Å². The molecule has 0 spiro atoms. The summed E-state index contributed by atoms with van der Waals surface area (Å²) in [7, 11) is 0. The number of rotatable bonds is 7. The van der Waals surface area contributed by atoms with Crippen LogP contribution < -0.4 is 5.32 Å². The molecule has 0 amide bonds. The zero-order chi connectivity index (χ0) is 15.2. The fourth-order valence-electron chi connectivity index (χ4n) is 2.81. The number of aromatic nitrogens is 1. The van der Waals surface area contributed by atoms with Crippen molar-refractivity contribution in [2.75, 3.05) is 6.54 Å². The fourth-order valence-corrected chi connectivity index (χ4v) is 3.39. The zero-order valence-corrected chi connectivity index (χ0v) is 14.8. The van der Waals surface area contributed by atoms with Crippen LogP contribution in [0.4, 0.5) is 0 Å². The van der Waals surface area contributed by atoms with E-state index in [1.807, 2.05) is 0 Å². The Hall–Kier alpha value is -0.930. The Kier molecular flexibility index (Phi) is 6.19. The average molecular weight is 349 g/mol. The maximum Gasteiger partial charge on any atom is 0.0725 e. The molecule has 3 heteroatoms. The molecule has 0 fully saturated rings. The molecule has 114 valence electrons. The van der Waals surface area contributed by atoms with Gasteiger partial charge in [0.15, 0.2) is 0 Å². The van der Waals surface area contributed by atoms with Crippen molar-refractivity contribution < 1.29 is 0 Å². The van der Waals surface area contributed by atoms with Gasteiger partial charge in [0.2, 0.25) is 0 Å². The second kappa shape index (κ2) is 7.90. The topological polar surface area (TPSA) is 24.9 Å². The number of fused-ring (bicyclic) bond motifs is 1. The van der Waals surface area contributed by atoms with Crippen molar-refractivity contribution in [1.82, 2.24) is 10.3 Å². The Morgan fingerprint density at radius 3 is 2.67 bits per heavy atom. The van der Waals surface area contributed by atoms with Crippen molar-refractivity contribution in [2.24, 2.45) is 5.92 Å². The van der Waals surface area contributed by atoms with Crippen LogP contribution in [0.2, 0.25) is 0 Å². The van der Waals surface area contributed by atoms with Crippen molar-refractivity contribution in [3.8, 4) is 0 Å². The standard InChI is InChI=1S/C18H25BrN2/c1-4-8-13(3)17(20-11-5-2)18-15(19)12-14-9-6-7-10-16(14)21-18/h6-7,9-10,12-13,17,20H,4-5,8,11H2,1-3H3. The van der Waals surface area contributed by atoms with Gasteiger partial charge in [0.05, 0.1) is 17.3 Å². The molecule has 1 aromatic carbocycles. The van der Waals surface area contributed by atoms with Crippen LogP contribution in [0.25, 0.3) is 10.9 Å². The maximum atomic E-state index is 4.92. The number of pyridine rings is 1. The molecule has 2 aromatic rings. The average Bonchev–Trinajstić information content (AvgIpc) is 2.48. The minimum atomic E-state index is 0.309. The Morgan fingerprint density at radius 2 is 1.95 bits per heavy atom. The van der Waals surface area contributed by atoms with Gasteiger partial charge in [-0.05, 0) is 53.4 Å². The highest BCUT2D eigenvalue weighted by Gasteiger charge is 2.22. The predicted octanol–water partition coefficient (Wildman–Crippen LogP) is 5.47. The predicted molar refractivity (Wildman–Crippen MR) is 94.5 cm³/mol. The van der Waals surface area contributed by atoms with E-state index in [1.165, 1.54) is 18.2 Å². The van der Waals surface area contributed by atoms with Crippen molar-refractivity contribution in [1.29, 1.82) is 0 Å². The molecule has 2 atom stereocenters. The van der Waals surface area contributed by atoms with Gasteiger partial charge in [-0.25, -0.2) is 4.98 Å². The summed E-state index contributed by atoms with van der Waals surface area (Å²) in [6.45, 7) is 7.80. The van der Waals surface area contributed by atoms with Gasteiger partial charge in [0.25, 0.3) is 0 Å². The van der Waals surface area contributed by atoms with Crippen molar-refractivity contribution >= 4 is 26.8 Å². The maximum absolute atomic E-state index is 4.92. The normalized spacial score (nSPS) is 14.3. The summed E-state index contributed by atoms with van der Waals surface area (Å²) in [4.78, 5) is 4.92. The highest BCUT2D eigenvalue weighted by atomic mass is 79.9. The van der Waals surface area contributed by atoms with Crippen molar-refractivity contribution in [3.63, 3.8) is 0 Å². The molecule has 2 nitrogen and oxygen atoms in total. The first-order valence-corrected chi connectivity index (χ1v) is 8.75. The monoisotopic (exact) mass is 348 g/mol. The van der Waals surface area contributed by atoms with Gasteiger partial charge in [-0.3, -0.25) is 0 Å². The Labute approximate surface area is 136 Å². The first-order chi connectivity index (χ1) is 10.2. The van der Waals surface area contributed by atoms with E-state index in [9.17, 15) is 0 Å².